The molecule has 1 rings (SSSR count). The molecule has 1 heterocycles. The van der Waals surface area contributed by atoms with Crippen LogP contribution in [0.25, 0.3) is 0 Å². The summed E-state index contributed by atoms with van der Waals surface area (Å²) in [6.45, 7) is 0. The Labute approximate surface area is 47.2 Å². The molecule has 0 bridgehead atoms. The highest BCUT2D eigenvalue weighted by Crippen LogP contribution is 2.58. The Morgan fingerprint density at radius 2 is 1.25 bits per heavy atom. The molecule has 0 aromatic carbocycles. The molecule has 0 amide bonds. The second-order valence-corrected chi connectivity index (χ2v) is 2.95. The van der Waals surface area contributed by atoms with Gasteiger partial charge in [0.05, 0.1) is 6.42 Å². The van der Waals surface area contributed by atoms with Gasteiger partial charge in [-0.25, -0.2) is 0 Å². The molecule has 1 saturated heterocycles. The van der Waals surface area contributed by atoms with Gasteiger partial charge in [-0.1, -0.05) is 0 Å². The Morgan fingerprint density at radius 3 is 1.25 bits per heavy atom. The van der Waals surface area contributed by atoms with Crippen molar-refractivity contribution in [3.8, 4) is 0 Å². The number of halogens is 4. The number of hydrogen-bond acceptors (Lipinski definition) is 1. The third-order valence-electron chi connectivity index (χ3n) is 0.710. The van der Waals surface area contributed by atoms with Crippen molar-refractivity contribution in [2.24, 2.45) is 0 Å². The topological polar surface area (TPSA) is 0 Å². The second-order valence-electron chi connectivity index (χ2n) is 1.55. The van der Waals surface area contributed by atoms with Crippen LogP contribution < -0.4 is 0 Å². The predicted molar refractivity (Wildman–Crippen MR) is 22.1 cm³/mol. The van der Waals surface area contributed by atoms with E-state index in [0.29, 0.717) is 0 Å². The van der Waals surface area contributed by atoms with Gasteiger partial charge in [-0.3, -0.25) is 0 Å². The quantitative estimate of drug-likeness (QED) is 0.472. The van der Waals surface area contributed by atoms with E-state index in [0.717, 1.165) is 0 Å². The lowest BCUT2D eigenvalue weighted by Crippen LogP contribution is -2.37. The normalized spacial score (nSPS) is 31.5. The fraction of sp³-hybridized carbons (Fsp3) is 1.00. The smallest absolute Gasteiger partial charge is 0.194 e. The Balaban J connectivity index is 2.42. The van der Waals surface area contributed by atoms with Crippen LogP contribution in [0, 0.1) is 0 Å². The SMILES string of the molecule is FC1(F)CC(F)(F)S1. The minimum absolute atomic E-state index is 0.579. The van der Waals surface area contributed by atoms with Crippen molar-refractivity contribution in [2.45, 2.75) is 16.9 Å². The molecule has 0 atom stereocenters. The van der Waals surface area contributed by atoms with Crippen LogP contribution in [0.2, 0.25) is 0 Å². The van der Waals surface area contributed by atoms with E-state index in [2.05, 4.69) is 0 Å². The van der Waals surface area contributed by atoms with Gasteiger partial charge in [0, 0.05) is 0 Å². The second kappa shape index (κ2) is 1.32. The van der Waals surface area contributed by atoms with Crippen LogP contribution in [-0.2, 0) is 0 Å². The van der Waals surface area contributed by atoms with Gasteiger partial charge >= 0.3 is 10.5 Å². The lowest BCUT2D eigenvalue weighted by atomic mass is 10.4. The van der Waals surface area contributed by atoms with Gasteiger partial charge < -0.3 is 0 Å². The maximum atomic E-state index is 11.5. The van der Waals surface area contributed by atoms with Crippen molar-refractivity contribution in [2.75, 3.05) is 0 Å². The summed E-state index contributed by atoms with van der Waals surface area (Å²) in [5.74, 6) is 0. The molecule has 1 aliphatic rings. The summed E-state index contributed by atoms with van der Waals surface area (Å²) in [6, 6.07) is 0. The van der Waals surface area contributed by atoms with E-state index in [1.54, 1.807) is 0 Å². The van der Waals surface area contributed by atoms with Gasteiger partial charge in [0.1, 0.15) is 0 Å². The molecule has 1 aliphatic heterocycles. The maximum absolute atomic E-state index is 11.5. The molecule has 5 heteroatoms. The Bertz CT molecular complexity index is 87.9. The van der Waals surface area contributed by atoms with Crippen LogP contribution in [0.5, 0.6) is 0 Å². The lowest BCUT2D eigenvalue weighted by Gasteiger charge is -2.32. The van der Waals surface area contributed by atoms with E-state index in [9.17, 15) is 17.6 Å². The molecule has 0 aliphatic carbocycles. The zero-order valence-electron chi connectivity index (χ0n) is 3.63. The zero-order valence-corrected chi connectivity index (χ0v) is 4.44. The van der Waals surface area contributed by atoms with Gasteiger partial charge in [-0.15, -0.1) is 0 Å². The van der Waals surface area contributed by atoms with E-state index in [1.807, 2.05) is 0 Å². The standard InChI is InChI=1S/C3H2F4S/c4-2(5)1-3(6,7)8-2/h1H2. The first kappa shape index (κ1) is 6.19. The molecule has 0 spiro atoms. The monoisotopic (exact) mass is 146 g/mol. The highest BCUT2D eigenvalue weighted by Gasteiger charge is 2.60. The molecular weight excluding hydrogens is 144 g/mol. The Kier molecular flexibility index (Phi) is 1.02. The van der Waals surface area contributed by atoms with Crippen LogP contribution in [0.15, 0.2) is 0 Å². The summed E-state index contributed by atoms with van der Waals surface area (Å²) in [7, 11) is 0. The summed E-state index contributed by atoms with van der Waals surface area (Å²) in [5, 5.41) is -6.35. The summed E-state index contributed by atoms with van der Waals surface area (Å²) >= 11 is -0.579. The van der Waals surface area contributed by atoms with Crippen molar-refractivity contribution in [1.29, 1.82) is 0 Å². The minimum Gasteiger partial charge on any atom is -0.194 e. The average Bonchev–Trinajstić information content (AvgIpc) is 1.20. The lowest BCUT2D eigenvalue weighted by molar-refractivity contribution is -0.0449. The van der Waals surface area contributed by atoms with Crippen molar-refractivity contribution >= 4 is 11.8 Å². The first-order chi connectivity index (χ1) is 3.41. The van der Waals surface area contributed by atoms with E-state index in [4.69, 9.17) is 0 Å². The highest BCUT2D eigenvalue weighted by atomic mass is 32.2. The van der Waals surface area contributed by atoms with Crippen LogP contribution >= 0.6 is 11.8 Å². The van der Waals surface area contributed by atoms with E-state index >= 15 is 0 Å². The molecule has 0 unspecified atom stereocenters. The first-order valence-corrected chi connectivity index (χ1v) is 2.69. The largest absolute Gasteiger partial charge is 0.305 e. The van der Waals surface area contributed by atoms with Gasteiger partial charge in [-0.05, 0) is 11.8 Å². The first-order valence-electron chi connectivity index (χ1n) is 1.87. The highest BCUT2D eigenvalue weighted by molar-refractivity contribution is 8.02. The van der Waals surface area contributed by atoms with Crippen molar-refractivity contribution < 1.29 is 17.6 Å². The number of thioether (sulfide) groups is 1. The predicted octanol–water partition coefficient (Wildman–Crippen LogP) is 2.31. The van der Waals surface area contributed by atoms with Crippen LogP contribution in [0.1, 0.15) is 6.42 Å². The van der Waals surface area contributed by atoms with Crippen LogP contribution in [0.3, 0.4) is 0 Å². The average molecular weight is 146 g/mol. The van der Waals surface area contributed by atoms with Crippen molar-refractivity contribution in [3.63, 3.8) is 0 Å². The minimum atomic E-state index is -3.18. The number of rotatable bonds is 0. The third kappa shape index (κ3) is 1.07. The molecule has 0 aromatic heterocycles. The van der Waals surface area contributed by atoms with Gasteiger partial charge in [0.2, 0.25) is 0 Å². The Morgan fingerprint density at radius 1 is 1.00 bits per heavy atom. The molecule has 1 fully saturated rings. The molecular formula is C3H2F4S. The molecule has 0 radical (unpaired) electrons. The fourth-order valence-electron chi connectivity index (χ4n) is 0.450. The van der Waals surface area contributed by atoms with E-state index in [-0.39, 0.29) is 0 Å². The fourth-order valence-corrected chi connectivity index (χ4v) is 1.15. The van der Waals surface area contributed by atoms with E-state index in [1.165, 1.54) is 0 Å². The maximum Gasteiger partial charge on any atom is 0.305 e. The molecule has 0 N–H and O–H groups in total. The number of alkyl halides is 4. The Hall–Kier alpha value is 0.0700. The zero-order chi connectivity index (χ0) is 6.41. The summed E-state index contributed by atoms with van der Waals surface area (Å²) in [6.07, 6.45) is -1.30. The van der Waals surface area contributed by atoms with Crippen LogP contribution in [0.4, 0.5) is 17.6 Å². The van der Waals surface area contributed by atoms with Gasteiger partial charge in [0.15, 0.2) is 0 Å². The summed E-state index contributed by atoms with van der Waals surface area (Å²) < 4.78 is 46.1. The van der Waals surface area contributed by atoms with Gasteiger partial charge in [-0.2, -0.15) is 17.6 Å². The summed E-state index contributed by atoms with van der Waals surface area (Å²) in [5.41, 5.74) is 0. The third-order valence-corrected chi connectivity index (χ3v) is 1.60. The molecule has 48 valence electrons. The van der Waals surface area contributed by atoms with E-state index < -0.39 is 28.7 Å². The molecule has 0 nitrogen and oxygen atoms in total. The molecule has 0 aromatic rings. The van der Waals surface area contributed by atoms with Gasteiger partial charge in [0.25, 0.3) is 0 Å². The van der Waals surface area contributed by atoms with Crippen molar-refractivity contribution in [1.82, 2.24) is 0 Å². The van der Waals surface area contributed by atoms with Crippen molar-refractivity contribution in [3.05, 3.63) is 0 Å². The molecule has 8 heavy (non-hydrogen) atoms. The number of hydrogen-bond donors (Lipinski definition) is 0. The summed E-state index contributed by atoms with van der Waals surface area (Å²) in [4.78, 5) is 0. The molecule has 0 saturated carbocycles. The van der Waals surface area contributed by atoms with Crippen LogP contribution in [-0.4, -0.2) is 10.5 Å².